The number of rotatable bonds is 17. The third kappa shape index (κ3) is 9.41. The molecule has 2 amide bonds. The molecule has 278 valence electrons. The Labute approximate surface area is 315 Å². The van der Waals surface area contributed by atoms with Crippen molar-refractivity contribution in [3.05, 3.63) is 106 Å². The zero-order valence-corrected chi connectivity index (χ0v) is 32.2. The van der Waals surface area contributed by atoms with E-state index in [-0.39, 0.29) is 51.1 Å². The van der Waals surface area contributed by atoms with Crippen LogP contribution in [0.25, 0.3) is 0 Å². The zero-order chi connectivity index (χ0) is 38.0. The number of carbonyl (C=O) groups is 2. The van der Waals surface area contributed by atoms with Crippen molar-refractivity contribution in [3.63, 3.8) is 0 Å². The summed E-state index contributed by atoms with van der Waals surface area (Å²) in [6, 6.07) is 21.5. The van der Waals surface area contributed by atoms with Gasteiger partial charge in [-0.1, -0.05) is 66.5 Å². The van der Waals surface area contributed by atoms with E-state index in [4.69, 9.17) is 42.1 Å². The fraction of sp³-hybridized carbons (Fsp3) is 0.316. The van der Waals surface area contributed by atoms with Gasteiger partial charge in [0.2, 0.25) is 11.8 Å². The van der Waals surface area contributed by atoms with E-state index in [9.17, 15) is 18.0 Å². The molecule has 0 aliphatic carbocycles. The van der Waals surface area contributed by atoms with E-state index >= 15 is 0 Å². The van der Waals surface area contributed by atoms with Crippen LogP contribution in [-0.4, -0.2) is 72.2 Å². The summed E-state index contributed by atoms with van der Waals surface area (Å²) in [5, 5.41) is 3.55. The Kier molecular flexibility index (Phi) is 14.1. The largest absolute Gasteiger partial charge is 0.497 e. The number of methoxy groups -OCH3 is 4. The molecule has 0 saturated heterocycles. The number of ether oxygens (including phenoxy) is 4. The molecule has 0 spiro atoms. The van der Waals surface area contributed by atoms with Crippen molar-refractivity contribution < 1.29 is 37.0 Å². The summed E-state index contributed by atoms with van der Waals surface area (Å²) < 4.78 is 52.1. The number of hydrogen-bond acceptors (Lipinski definition) is 8. The first kappa shape index (κ1) is 40.1. The maximum Gasteiger partial charge on any atom is 0.265 e. The minimum absolute atomic E-state index is 0.0179. The predicted molar refractivity (Wildman–Crippen MR) is 202 cm³/mol. The maximum absolute atomic E-state index is 14.9. The molecule has 1 N–H and O–H groups in total. The molecule has 0 aliphatic heterocycles. The average molecular weight is 773 g/mol. The van der Waals surface area contributed by atoms with Gasteiger partial charge in [0.05, 0.1) is 39.0 Å². The molecule has 0 unspecified atom stereocenters. The van der Waals surface area contributed by atoms with Gasteiger partial charge in [-0.15, -0.1) is 0 Å². The Balaban J connectivity index is 1.93. The van der Waals surface area contributed by atoms with Gasteiger partial charge in [0.25, 0.3) is 10.0 Å². The van der Waals surface area contributed by atoms with Crippen LogP contribution in [0.4, 0.5) is 5.69 Å². The molecule has 0 fully saturated rings. The summed E-state index contributed by atoms with van der Waals surface area (Å²) in [4.78, 5) is 30.2. The highest BCUT2D eigenvalue weighted by Gasteiger charge is 2.37. The molecule has 11 nitrogen and oxygen atoms in total. The lowest BCUT2D eigenvalue weighted by Crippen LogP contribution is -2.54. The molecule has 0 aromatic heterocycles. The minimum atomic E-state index is -4.55. The van der Waals surface area contributed by atoms with Crippen molar-refractivity contribution in [1.82, 2.24) is 10.2 Å². The first-order chi connectivity index (χ1) is 24.9. The number of halogens is 2. The molecule has 0 saturated carbocycles. The first-order valence-electron chi connectivity index (χ1n) is 16.4. The number of nitrogens with one attached hydrogen (secondary N) is 1. The van der Waals surface area contributed by atoms with Gasteiger partial charge in [-0.25, -0.2) is 8.42 Å². The number of nitrogens with zero attached hydrogens (tertiary/aromatic N) is 2. The smallest absolute Gasteiger partial charge is 0.265 e. The Bertz CT molecular complexity index is 1940. The van der Waals surface area contributed by atoms with Crippen molar-refractivity contribution in [1.29, 1.82) is 0 Å². The number of benzene rings is 4. The van der Waals surface area contributed by atoms with Crippen molar-refractivity contribution in [2.24, 2.45) is 0 Å². The Morgan fingerprint density at radius 2 is 1.42 bits per heavy atom. The summed E-state index contributed by atoms with van der Waals surface area (Å²) >= 11 is 13.3. The van der Waals surface area contributed by atoms with E-state index in [1.54, 1.807) is 24.3 Å². The van der Waals surface area contributed by atoms with Gasteiger partial charge in [0, 0.05) is 46.7 Å². The van der Waals surface area contributed by atoms with Crippen LogP contribution in [-0.2, 0) is 32.6 Å². The fourth-order valence-electron chi connectivity index (χ4n) is 5.46. The highest BCUT2D eigenvalue weighted by atomic mass is 35.5. The second kappa shape index (κ2) is 18.2. The molecular formula is C38H43Cl2N3O8S. The average Bonchev–Trinajstić information content (AvgIpc) is 3.15. The summed E-state index contributed by atoms with van der Waals surface area (Å²) in [6.07, 6.45) is 0.753. The standard InChI is InChI=1S/C38H43Cl2N3O8S/c1-7-25(2)41-38(45)33(20-26-12-9-8-10-13-26)42(23-29-30(39)14-11-15-31(29)40)37(44)24-43(32-21-27(48-3)16-18-34(32)49-4)52(46,47)28-17-19-35(50-5)36(22-28)51-6/h8-19,21-22,25,33H,7,20,23-24H2,1-6H3,(H,41,45)/t25-,33-/m1/s1. The normalized spacial score (nSPS) is 12.3. The van der Waals surface area contributed by atoms with Crippen LogP contribution >= 0.6 is 23.2 Å². The van der Waals surface area contributed by atoms with Crippen LogP contribution in [0.3, 0.4) is 0 Å². The van der Waals surface area contributed by atoms with Crippen LogP contribution in [0.15, 0.2) is 89.8 Å². The number of hydrogen-bond donors (Lipinski definition) is 1. The van der Waals surface area contributed by atoms with Gasteiger partial charge in [-0.3, -0.25) is 13.9 Å². The van der Waals surface area contributed by atoms with Crippen molar-refractivity contribution in [2.75, 3.05) is 39.3 Å². The second-order valence-corrected chi connectivity index (χ2v) is 14.5. The Morgan fingerprint density at radius 1 is 0.788 bits per heavy atom. The summed E-state index contributed by atoms with van der Waals surface area (Å²) in [7, 11) is 1.08. The first-order valence-corrected chi connectivity index (χ1v) is 18.6. The van der Waals surface area contributed by atoms with Gasteiger partial charge in [0.1, 0.15) is 24.1 Å². The number of sulfonamides is 1. The van der Waals surface area contributed by atoms with E-state index < -0.39 is 34.4 Å². The third-order valence-electron chi connectivity index (χ3n) is 8.54. The van der Waals surface area contributed by atoms with E-state index in [2.05, 4.69) is 5.32 Å². The molecule has 4 aromatic rings. The minimum Gasteiger partial charge on any atom is -0.497 e. The highest BCUT2D eigenvalue weighted by Crippen LogP contribution is 2.38. The monoisotopic (exact) mass is 771 g/mol. The van der Waals surface area contributed by atoms with Crippen LogP contribution in [0.2, 0.25) is 10.0 Å². The maximum atomic E-state index is 14.9. The molecule has 14 heteroatoms. The van der Waals surface area contributed by atoms with E-state index in [1.807, 2.05) is 44.2 Å². The summed E-state index contributed by atoms with van der Waals surface area (Å²) in [6.45, 7) is 2.83. The molecule has 4 rings (SSSR count). The van der Waals surface area contributed by atoms with E-state index in [0.29, 0.717) is 23.5 Å². The Hall–Kier alpha value is -4.65. The van der Waals surface area contributed by atoms with Gasteiger partial charge in [0.15, 0.2) is 11.5 Å². The predicted octanol–water partition coefficient (Wildman–Crippen LogP) is 6.78. The number of carbonyl (C=O) groups excluding carboxylic acids is 2. The molecule has 0 bridgehead atoms. The molecule has 0 aliphatic rings. The van der Waals surface area contributed by atoms with Gasteiger partial charge < -0.3 is 29.2 Å². The topological polar surface area (TPSA) is 124 Å². The molecule has 4 aromatic carbocycles. The lowest BCUT2D eigenvalue weighted by atomic mass is 10.0. The van der Waals surface area contributed by atoms with Crippen LogP contribution in [0, 0.1) is 0 Å². The van der Waals surface area contributed by atoms with E-state index in [0.717, 1.165) is 9.87 Å². The van der Waals surface area contributed by atoms with Crippen molar-refractivity contribution in [2.45, 2.75) is 50.2 Å². The molecule has 52 heavy (non-hydrogen) atoms. The van der Waals surface area contributed by atoms with Crippen LogP contribution < -0.4 is 28.6 Å². The van der Waals surface area contributed by atoms with Gasteiger partial charge in [-0.2, -0.15) is 0 Å². The van der Waals surface area contributed by atoms with Crippen molar-refractivity contribution in [3.8, 4) is 23.0 Å². The summed E-state index contributed by atoms with van der Waals surface area (Å²) in [5.74, 6) is -0.221. The summed E-state index contributed by atoms with van der Waals surface area (Å²) in [5.41, 5.74) is 1.19. The lowest BCUT2D eigenvalue weighted by Gasteiger charge is -2.35. The Morgan fingerprint density at radius 3 is 2.02 bits per heavy atom. The lowest BCUT2D eigenvalue weighted by molar-refractivity contribution is -0.140. The SMILES string of the molecule is CC[C@@H](C)NC(=O)[C@@H](Cc1ccccc1)N(Cc1c(Cl)cccc1Cl)C(=O)CN(c1cc(OC)ccc1OC)S(=O)(=O)c1ccc(OC)c(OC)c1. The fourth-order valence-corrected chi connectivity index (χ4v) is 7.41. The van der Waals surface area contributed by atoms with Crippen LogP contribution in [0.5, 0.6) is 23.0 Å². The highest BCUT2D eigenvalue weighted by molar-refractivity contribution is 7.92. The number of amides is 2. The van der Waals surface area contributed by atoms with Gasteiger partial charge in [-0.05, 0) is 55.3 Å². The zero-order valence-electron chi connectivity index (χ0n) is 29.9. The number of anilines is 1. The van der Waals surface area contributed by atoms with E-state index in [1.165, 1.54) is 63.7 Å². The van der Waals surface area contributed by atoms with Crippen LogP contribution in [0.1, 0.15) is 31.4 Å². The second-order valence-electron chi connectivity index (χ2n) is 11.8. The molecular weight excluding hydrogens is 729 g/mol. The molecule has 2 atom stereocenters. The van der Waals surface area contributed by atoms with Gasteiger partial charge >= 0.3 is 0 Å². The third-order valence-corrected chi connectivity index (χ3v) is 11.0. The molecule has 0 heterocycles. The quantitative estimate of drug-likeness (QED) is 0.125. The molecule has 0 radical (unpaired) electrons. The van der Waals surface area contributed by atoms with Crippen molar-refractivity contribution >= 4 is 50.7 Å².